The van der Waals surface area contributed by atoms with Gasteiger partial charge in [-0.05, 0) is 22.8 Å². The summed E-state index contributed by atoms with van der Waals surface area (Å²) in [4.78, 5) is 81.9. The summed E-state index contributed by atoms with van der Waals surface area (Å²) in [7, 11) is 1.31. The number of carboxylic acid groups (broad SMARTS) is 1. The minimum Gasteiger partial charge on any atom is -0.481 e. The molecule has 5 amide bonds. The van der Waals surface area contributed by atoms with E-state index in [1.807, 2.05) is 24.3 Å². The van der Waals surface area contributed by atoms with E-state index in [-0.39, 0.29) is 19.3 Å². The number of nitrogens with zero attached hydrogens (tertiary/aromatic N) is 1. The smallest absolute Gasteiger partial charge is 0.305 e. The third-order valence-corrected chi connectivity index (χ3v) is 8.12. The number of hydrogen-bond donors (Lipinski definition) is 6. The molecule has 7 N–H and O–H groups in total. The van der Waals surface area contributed by atoms with Crippen LogP contribution in [0.4, 0.5) is 0 Å². The summed E-state index contributed by atoms with van der Waals surface area (Å²) < 4.78 is 0. The lowest BCUT2D eigenvalue weighted by Crippen LogP contribution is -2.59. The number of rotatable bonds is 16. The zero-order valence-corrected chi connectivity index (χ0v) is 27.2. The Morgan fingerprint density at radius 3 is 1.84 bits per heavy atom. The molecule has 4 rings (SSSR count). The van der Waals surface area contributed by atoms with Crippen molar-refractivity contribution in [2.45, 2.75) is 56.8 Å². The monoisotopic (exact) mass is 668 g/mol. The molecule has 0 unspecified atom stereocenters. The first-order valence-electron chi connectivity index (χ1n) is 15.7. The summed E-state index contributed by atoms with van der Waals surface area (Å²) in [5.41, 5.74) is 8.65. The molecule has 0 bridgehead atoms. The van der Waals surface area contributed by atoms with Gasteiger partial charge in [0.1, 0.15) is 24.2 Å². The first kappa shape index (κ1) is 35.9. The Morgan fingerprint density at radius 1 is 0.735 bits per heavy atom. The summed E-state index contributed by atoms with van der Waals surface area (Å²) in [6.45, 7) is 1.28. The van der Waals surface area contributed by atoms with Crippen molar-refractivity contribution in [1.82, 2.24) is 25.8 Å². The molecule has 256 valence electrons. The third kappa shape index (κ3) is 10.0. The van der Waals surface area contributed by atoms with Crippen LogP contribution in [0.1, 0.15) is 30.0 Å². The normalized spacial score (nSPS) is 13.3. The van der Waals surface area contributed by atoms with Crippen LogP contribution in [-0.2, 0) is 48.0 Å². The van der Waals surface area contributed by atoms with Crippen molar-refractivity contribution < 1.29 is 33.9 Å². The van der Waals surface area contributed by atoms with E-state index in [2.05, 4.69) is 20.9 Å². The molecule has 0 radical (unpaired) electrons. The molecule has 49 heavy (non-hydrogen) atoms. The van der Waals surface area contributed by atoms with Gasteiger partial charge in [0.15, 0.2) is 0 Å². The minimum absolute atomic E-state index is 0.0139. The van der Waals surface area contributed by atoms with Gasteiger partial charge < -0.3 is 36.7 Å². The highest BCUT2D eigenvalue weighted by atomic mass is 16.4. The summed E-state index contributed by atoms with van der Waals surface area (Å²) in [5, 5.41) is 18.4. The predicted octanol–water partition coefficient (Wildman–Crippen LogP) is 1.46. The molecule has 4 atom stereocenters. The number of nitrogens with two attached hydrogens (primary N) is 1. The molecular weight excluding hydrogens is 628 g/mol. The molecule has 0 aliphatic heterocycles. The topological polar surface area (TPSA) is 204 Å². The molecule has 1 aromatic heterocycles. The average Bonchev–Trinajstić information content (AvgIpc) is 3.48. The molecule has 1 heterocycles. The maximum absolute atomic E-state index is 13.9. The molecule has 0 aliphatic carbocycles. The Morgan fingerprint density at radius 2 is 1.27 bits per heavy atom. The maximum atomic E-state index is 13.9. The largest absolute Gasteiger partial charge is 0.481 e. The van der Waals surface area contributed by atoms with Gasteiger partial charge in [0.25, 0.3) is 0 Å². The fraction of sp³-hybridized carbons (Fsp3) is 0.278. The van der Waals surface area contributed by atoms with Gasteiger partial charge in [0, 0.05) is 50.3 Å². The summed E-state index contributed by atoms with van der Waals surface area (Å²) in [5.74, 6) is -4.99. The van der Waals surface area contributed by atoms with Crippen LogP contribution in [0.5, 0.6) is 0 Å². The summed E-state index contributed by atoms with van der Waals surface area (Å²) in [6, 6.07) is 20.0. The van der Waals surface area contributed by atoms with Gasteiger partial charge in [-0.2, -0.15) is 0 Å². The van der Waals surface area contributed by atoms with Crippen molar-refractivity contribution >= 4 is 46.4 Å². The second-order valence-electron chi connectivity index (χ2n) is 11.8. The van der Waals surface area contributed by atoms with E-state index in [9.17, 15) is 33.9 Å². The Bertz CT molecular complexity index is 1790. The Balaban J connectivity index is 1.58. The SMILES string of the molecule is CC(=O)N[C@@H](Cc1c[nH]c2ccccc12)C(=O)N[C@@H](Cc1ccccc1)C(=O)N[C@@H](CC(=O)O)C(=O)N(C)[C@@H](Cc1ccccc1)C(N)=O. The molecule has 0 saturated heterocycles. The molecule has 13 nitrogen and oxygen atoms in total. The van der Waals surface area contributed by atoms with Crippen LogP contribution in [0.25, 0.3) is 10.9 Å². The first-order chi connectivity index (χ1) is 23.4. The number of nitrogens with one attached hydrogen (secondary N) is 4. The zero-order chi connectivity index (χ0) is 35.5. The number of aromatic amines is 1. The van der Waals surface area contributed by atoms with Crippen molar-refractivity contribution in [2.75, 3.05) is 7.05 Å². The number of carbonyl (C=O) groups excluding carboxylic acids is 5. The third-order valence-electron chi connectivity index (χ3n) is 8.12. The van der Waals surface area contributed by atoms with Gasteiger partial charge in [-0.25, -0.2) is 0 Å². The number of primary amides is 1. The lowest BCUT2D eigenvalue weighted by atomic mass is 10.0. The minimum atomic E-state index is -1.60. The average molecular weight is 669 g/mol. The van der Waals surface area contributed by atoms with E-state index >= 15 is 0 Å². The van der Waals surface area contributed by atoms with Gasteiger partial charge in [-0.1, -0.05) is 78.9 Å². The second kappa shape index (κ2) is 16.7. The van der Waals surface area contributed by atoms with Crippen molar-refractivity contribution in [3.63, 3.8) is 0 Å². The number of carbonyl (C=O) groups is 6. The Hall–Kier alpha value is -5.98. The van der Waals surface area contributed by atoms with Crippen LogP contribution in [-0.4, -0.2) is 81.7 Å². The highest BCUT2D eigenvalue weighted by molar-refractivity contribution is 5.97. The van der Waals surface area contributed by atoms with Crippen LogP contribution < -0.4 is 21.7 Å². The van der Waals surface area contributed by atoms with Crippen molar-refractivity contribution in [2.24, 2.45) is 5.73 Å². The molecule has 0 aliphatic rings. The highest BCUT2D eigenvalue weighted by Gasteiger charge is 2.35. The van der Waals surface area contributed by atoms with Gasteiger partial charge in [0.05, 0.1) is 6.42 Å². The standard InChI is InChI=1S/C36H40N6O7/c1-22(43)39-29(19-25-21-38-27-16-10-9-15-26(25)27)35(48)40-28(17-23-11-5-3-6-12-23)34(47)41-30(20-32(44)45)36(49)42(2)31(33(37)46)18-24-13-7-4-8-14-24/h3-16,21,28-31,38H,17-20H2,1-2H3,(H2,37,46)(H,39,43)(H,40,48)(H,41,47)(H,44,45)/t28-,29-,30-,31-/m0/s1. The van der Waals surface area contributed by atoms with E-state index in [0.717, 1.165) is 26.9 Å². The van der Waals surface area contributed by atoms with Gasteiger partial charge in [-0.15, -0.1) is 0 Å². The number of benzene rings is 3. The number of aromatic nitrogens is 1. The van der Waals surface area contributed by atoms with E-state index in [0.29, 0.717) is 5.56 Å². The molecule has 4 aromatic rings. The Kier molecular flexibility index (Phi) is 12.2. The number of fused-ring (bicyclic) bond motifs is 1. The van der Waals surface area contributed by atoms with Crippen LogP contribution in [0.15, 0.2) is 91.1 Å². The quantitative estimate of drug-likeness (QED) is 0.104. The fourth-order valence-electron chi connectivity index (χ4n) is 5.62. The number of H-pyrrole nitrogens is 1. The van der Waals surface area contributed by atoms with E-state index in [4.69, 9.17) is 5.73 Å². The number of amides is 5. The molecule has 3 aromatic carbocycles. The molecular formula is C36H40N6O7. The highest BCUT2D eigenvalue weighted by Crippen LogP contribution is 2.19. The van der Waals surface area contributed by atoms with Crippen molar-refractivity contribution in [3.8, 4) is 0 Å². The molecule has 13 heteroatoms. The van der Waals surface area contributed by atoms with E-state index in [1.165, 1.54) is 14.0 Å². The number of hydrogen-bond acceptors (Lipinski definition) is 6. The van der Waals surface area contributed by atoms with Gasteiger partial charge in [-0.3, -0.25) is 28.8 Å². The van der Waals surface area contributed by atoms with Crippen LogP contribution in [0.3, 0.4) is 0 Å². The summed E-state index contributed by atoms with van der Waals surface area (Å²) >= 11 is 0. The Labute approximate surface area is 283 Å². The van der Waals surface area contributed by atoms with Crippen LogP contribution >= 0.6 is 0 Å². The number of likely N-dealkylation sites (N-methyl/N-ethyl adjacent to an activating group) is 1. The number of carboxylic acids is 1. The summed E-state index contributed by atoms with van der Waals surface area (Å²) in [6.07, 6.45) is 1.11. The second-order valence-corrected chi connectivity index (χ2v) is 11.8. The van der Waals surface area contributed by atoms with Crippen molar-refractivity contribution in [3.05, 3.63) is 108 Å². The predicted molar refractivity (Wildman–Crippen MR) is 182 cm³/mol. The van der Waals surface area contributed by atoms with Crippen molar-refractivity contribution in [1.29, 1.82) is 0 Å². The van der Waals surface area contributed by atoms with Crippen LogP contribution in [0, 0.1) is 0 Å². The van der Waals surface area contributed by atoms with Gasteiger partial charge >= 0.3 is 5.97 Å². The van der Waals surface area contributed by atoms with E-state index < -0.39 is 66.1 Å². The first-order valence-corrected chi connectivity index (χ1v) is 15.7. The zero-order valence-electron chi connectivity index (χ0n) is 27.2. The number of para-hydroxylation sites is 1. The van der Waals surface area contributed by atoms with Gasteiger partial charge in [0.2, 0.25) is 29.5 Å². The van der Waals surface area contributed by atoms with Crippen LogP contribution in [0.2, 0.25) is 0 Å². The lowest BCUT2D eigenvalue weighted by Gasteiger charge is -2.30. The molecule has 0 saturated carbocycles. The van der Waals surface area contributed by atoms with E-state index in [1.54, 1.807) is 66.9 Å². The lowest BCUT2D eigenvalue weighted by molar-refractivity contribution is -0.145. The fourth-order valence-corrected chi connectivity index (χ4v) is 5.62. The maximum Gasteiger partial charge on any atom is 0.305 e. The molecule has 0 fully saturated rings. The molecule has 0 spiro atoms. The number of aliphatic carboxylic acids is 1.